The van der Waals surface area contributed by atoms with Crippen LogP contribution in [0.3, 0.4) is 0 Å². The van der Waals surface area contributed by atoms with Gasteiger partial charge in [0.1, 0.15) is 18.0 Å². The molecule has 2 aliphatic rings. The summed E-state index contributed by atoms with van der Waals surface area (Å²) in [5.41, 5.74) is 1.54. The summed E-state index contributed by atoms with van der Waals surface area (Å²) >= 11 is 11.9. The third-order valence-electron chi connectivity index (χ3n) is 9.20. The van der Waals surface area contributed by atoms with Crippen molar-refractivity contribution in [3.8, 4) is 0 Å². The van der Waals surface area contributed by atoms with Gasteiger partial charge in [0.05, 0.1) is 23.1 Å². The van der Waals surface area contributed by atoms with E-state index in [1.807, 2.05) is 11.8 Å². The first-order chi connectivity index (χ1) is 27.2. The van der Waals surface area contributed by atoms with Crippen LogP contribution in [0.5, 0.6) is 0 Å². The number of piperazine rings is 2. The molecule has 0 bridgehead atoms. The average molecular weight is 907 g/mol. The number of hydrogen-bond donors (Lipinski definition) is 1. The average Bonchev–Trinajstić information content (AvgIpc) is 3.92. The molecule has 2 atom stereocenters. The molecule has 0 radical (unpaired) electrons. The smallest absolute Gasteiger partial charge is 0.285 e. The Balaban J connectivity index is 0.000000202. The summed E-state index contributed by atoms with van der Waals surface area (Å²) in [7, 11) is 3.42. The maximum Gasteiger partial charge on any atom is 0.285 e. The molecule has 7 rings (SSSR count). The summed E-state index contributed by atoms with van der Waals surface area (Å²) < 4.78 is 30.0. The predicted molar refractivity (Wildman–Crippen MR) is 221 cm³/mol. The summed E-state index contributed by atoms with van der Waals surface area (Å²) in [5.74, 6) is -1.17. The van der Waals surface area contributed by atoms with Crippen LogP contribution in [0.25, 0.3) is 0 Å². The highest BCUT2D eigenvalue weighted by atomic mass is 79.9. The fourth-order valence-electron chi connectivity index (χ4n) is 6.34. The predicted octanol–water partition coefficient (Wildman–Crippen LogP) is 5.08. The van der Waals surface area contributed by atoms with Gasteiger partial charge in [-0.15, -0.1) is 17.0 Å². The molecule has 2 aromatic carbocycles. The molecule has 1 N–H and O–H groups in total. The number of carbonyl (C=O) groups is 4. The van der Waals surface area contributed by atoms with Crippen molar-refractivity contribution < 1.29 is 28.0 Å². The van der Waals surface area contributed by atoms with Crippen molar-refractivity contribution in [1.29, 1.82) is 0 Å². The van der Waals surface area contributed by atoms with Gasteiger partial charge in [-0.1, -0.05) is 23.2 Å². The number of nitrogens with zero attached hydrogens (tertiary/aromatic N) is 9. The fourth-order valence-corrected chi connectivity index (χ4v) is 6.86. The van der Waals surface area contributed by atoms with Crippen LogP contribution in [0.4, 0.5) is 8.78 Å². The monoisotopic (exact) mass is 904 g/mol. The van der Waals surface area contributed by atoms with Crippen molar-refractivity contribution in [2.24, 2.45) is 14.1 Å². The van der Waals surface area contributed by atoms with Crippen LogP contribution in [0, 0.1) is 11.6 Å². The van der Waals surface area contributed by atoms with E-state index in [9.17, 15) is 28.0 Å². The molecule has 5 heterocycles. The normalized spacial score (nSPS) is 16.9. The Bertz CT molecular complexity index is 2150. The summed E-state index contributed by atoms with van der Waals surface area (Å²) in [6.07, 6.45) is 7.65. The first kappa shape index (κ1) is 46.0. The van der Waals surface area contributed by atoms with Crippen LogP contribution >= 0.6 is 40.2 Å². The lowest BCUT2D eigenvalue weighted by Gasteiger charge is -2.39. The molecule has 19 heteroatoms. The van der Waals surface area contributed by atoms with E-state index in [4.69, 9.17) is 23.2 Å². The van der Waals surface area contributed by atoms with Crippen LogP contribution in [-0.4, -0.2) is 132 Å². The first-order valence-electron chi connectivity index (χ1n) is 18.2. The molecule has 1 amide bonds. The summed E-state index contributed by atoms with van der Waals surface area (Å²) in [4.78, 5) is 58.3. The van der Waals surface area contributed by atoms with E-state index in [0.717, 1.165) is 19.6 Å². The van der Waals surface area contributed by atoms with Crippen molar-refractivity contribution in [3.63, 3.8) is 0 Å². The lowest BCUT2D eigenvalue weighted by molar-refractivity contribution is 0.0477. The van der Waals surface area contributed by atoms with Gasteiger partial charge in [-0.05, 0) is 62.4 Å². The second-order valence-electron chi connectivity index (χ2n) is 13.8. The van der Waals surface area contributed by atoms with Crippen LogP contribution in [0.1, 0.15) is 55.5 Å². The minimum Gasteiger partial charge on any atom is -0.332 e. The fraction of sp³-hybridized carbons (Fsp3) is 0.359. The minimum absolute atomic E-state index is 0. The zero-order valence-corrected chi connectivity index (χ0v) is 35.6. The highest BCUT2D eigenvalue weighted by Gasteiger charge is 2.31. The van der Waals surface area contributed by atoms with E-state index < -0.39 is 0 Å². The number of hydrogen-bond acceptors (Lipinski definition) is 10. The largest absolute Gasteiger partial charge is 0.332 e. The highest BCUT2D eigenvalue weighted by Crippen LogP contribution is 2.20. The molecule has 0 saturated carbocycles. The number of Topliss-reactive ketones (excluding diaryl/α,β-unsaturated/α-hetero) is 2. The van der Waals surface area contributed by atoms with E-state index in [2.05, 4.69) is 32.3 Å². The van der Waals surface area contributed by atoms with Gasteiger partial charge in [0.15, 0.2) is 23.0 Å². The second-order valence-corrected chi connectivity index (χ2v) is 14.6. The van der Waals surface area contributed by atoms with Crippen LogP contribution < -0.4 is 5.32 Å². The summed E-state index contributed by atoms with van der Waals surface area (Å²) in [6, 6.07) is 11.6. The summed E-state index contributed by atoms with van der Waals surface area (Å²) in [6.45, 7) is 9.01. The molecule has 3 aromatic heterocycles. The molecule has 2 saturated heterocycles. The molecule has 5 aromatic rings. The Morgan fingerprint density at radius 1 is 0.741 bits per heavy atom. The molecule has 14 nitrogen and oxygen atoms in total. The van der Waals surface area contributed by atoms with Crippen LogP contribution in [0.2, 0.25) is 10.0 Å². The first-order valence-corrected chi connectivity index (χ1v) is 18.9. The van der Waals surface area contributed by atoms with Gasteiger partial charge < -0.3 is 10.2 Å². The number of carbonyl (C=O) groups excluding carboxylic acids is 4. The number of nitrogens with one attached hydrogen (secondary N) is 1. The number of rotatable bonds is 8. The van der Waals surface area contributed by atoms with Gasteiger partial charge in [0, 0.05) is 101 Å². The van der Waals surface area contributed by atoms with Gasteiger partial charge in [0.2, 0.25) is 0 Å². The zero-order valence-electron chi connectivity index (χ0n) is 32.4. The molecule has 2 fully saturated rings. The van der Waals surface area contributed by atoms with E-state index in [0.29, 0.717) is 53.4 Å². The van der Waals surface area contributed by atoms with Gasteiger partial charge in [-0.2, -0.15) is 10.2 Å². The Kier molecular flexibility index (Phi) is 17.0. The van der Waals surface area contributed by atoms with E-state index in [1.165, 1.54) is 62.9 Å². The molecule has 0 unspecified atom stereocenters. The Hall–Kier alpha value is -4.65. The number of aryl methyl sites for hydroxylation is 2. The molecule has 58 heavy (non-hydrogen) atoms. The number of amides is 1. The molecule has 0 spiro atoms. The van der Waals surface area contributed by atoms with Crippen molar-refractivity contribution >= 4 is 63.6 Å². The van der Waals surface area contributed by atoms with E-state index >= 15 is 0 Å². The topological polar surface area (TPSA) is 143 Å². The Morgan fingerprint density at radius 2 is 1.24 bits per heavy atom. The molecule has 310 valence electrons. The maximum atomic E-state index is 13.0. The van der Waals surface area contributed by atoms with Gasteiger partial charge in [-0.3, -0.25) is 42.9 Å². The Labute approximate surface area is 355 Å². The SMILES string of the molecule is Br.C[C@H]1CN(CC(=O)c2ccc(F)cc2)CCN1.C[C@H]1CN(CC(=O)c2ccc(F)cc2)CCN1C(=O)c1nn(C)cc1Cl.Cn1cc(Cl)c(C(=O)n2ccnc2)n1. The lowest BCUT2D eigenvalue weighted by atomic mass is 10.1. The lowest BCUT2D eigenvalue weighted by Crippen LogP contribution is -2.55. The zero-order chi connectivity index (χ0) is 41.2. The van der Waals surface area contributed by atoms with Crippen molar-refractivity contribution in [2.45, 2.75) is 25.9 Å². The van der Waals surface area contributed by atoms with Gasteiger partial charge in [-0.25, -0.2) is 13.8 Å². The van der Waals surface area contributed by atoms with Gasteiger partial charge in [0.25, 0.3) is 11.8 Å². The van der Waals surface area contributed by atoms with Crippen LogP contribution in [0.15, 0.2) is 79.6 Å². The Morgan fingerprint density at radius 3 is 1.67 bits per heavy atom. The number of ketones is 2. The standard InChI is InChI=1S/C18H20ClFN4O2.C13H17FN2O.C8H7ClN4O.BrH/c1-12-9-23(11-16(25)13-3-5-14(20)6-4-13)7-8-24(12)18(26)17-15(19)10-22(2)21-17;1-10-8-16(7-6-15-10)9-13(17)11-2-4-12(14)5-3-11;1-12-4-6(9)7(11-12)8(14)13-3-2-10-5-13;/h3-6,10,12H,7-9,11H2,1-2H3;2-5,10,15H,6-9H2,1H3;2-5H,1H3;1H/t12-;10-;;/m00../s1. The van der Waals surface area contributed by atoms with Crippen LogP contribution in [-0.2, 0) is 14.1 Å². The molecule has 0 aliphatic carbocycles. The maximum absolute atomic E-state index is 13.0. The third kappa shape index (κ3) is 12.7. The van der Waals surface area contributed by atoms with Crippen molar-refractivity contribution in [1.82, 2.24) is 49.1 Å². The number of imidazole rings is 1. The summed E-state index contributed by atoms with van der Waals surface area (Å²) in [5, 5.41) is 12.1. The van der Waals surface area contributed by atoms with E-state index in [-0.39, 0.29) is 76.0 Å². The van der Waals surface area contributed by atoms with Gasteiger partial charge >= 0.3 is 0 Å². The molecule has 2 aliphatic heterocycles. The van der Waals surface area contributed by atoms with Crippen molar-refractivity contribution in [3.05, 3.63) is 124 Å². The highest BCUT2D eigenvalue weighted by molar-refractivity contribution is 8.93. The minimum atomic E-state index is -0.365. The number of halogens is 5. The molecular weight excluding hydrogens is 861 g/mol. The number of benzene rings is 2. The molecular formula is C39H45BrCl2F2N10O4. The second kappa shape index (κ2) is 21.4. The number of aromatic nitrogens is 6. The van der Waals surface area contributed by atoms with Crippen molar-refractivity contribution in [2.75, 3.05) is 52.4 Å². The van der Waals surface area contributed by atoms with E-state index in [1.54, 1.807) is 49.7 Å². The third-order valence-corrected chi connectivity index (χ3v) is 9.76. The quantitative estimate of drug-likeness (QED) is 0.210.